The van der Waals surface area contributed by atoms with Gasteiger partial charge in [-0.2, -0.15) is 0 Å². The zero-order valence-electron chi connectivity index (χ0n) is 15.4. The average Bonchev–Trinajstić information content (AvgIpc) is 2.61. The van der Waals surface area contributed by atoms with Crippen LogP contribution in [0.5, 0.6) is 0 Å². The van der Waals surface area contributed by atoms with Crippen LogP contribution in [0.2, 0.25) is 0 Å². The van der Waals surface area contributed by atoms with Crippen molar-refractivity contribution in [3.8, 4) is 0 Å². The molecule has 0 aliphatic heterocycles. The molecule has 7 heteroatoms. The number of rotatable bonds is 8. The van der Waals surface area contributed by atoms with Crippen molar-refractivity contribution in [1.82, 2.24) is 9.97 Å². The molecule has 2 aromatic heterocycles. The van der Waals surface area contributed by atoms with Gasteiger partial charge in [0.2, 0.25) is 5.78 Å². The summed E-state index contributed by atoms with van der Waals surface area (Å²) in [6, 6.07) is 11.2. The number of carbonyl (C=O) groups is 1. The summed E-state index contributed by atoms with van der Waals surface area (Å²) in [5, 5.41) is 7.82. The Morgan fingerprint density at radius 2 is 1.27 bits per heavy atom. The Balaban J connectivity index is 1.78. The first kappa shape index (κ1) is 19.2. The van der Waals surface area contributed by atoms with Gasteiger partial charge in [0, 0.05) is 11.4 Å². The number of aromatic nitrogens is 2. The summed E-state index contributed by atoms with van der Waals surface area (Å²) in [4.78, 5) is 30.6. The molecule has 0 bridgehead atoms. The minimum absolute atomic E-state index is 0.194. The summed E-state index contributed by atoms with van der Waals surface area (Å²) >= 11 is 0. The van der Waals surface area contributed by atoms with Crippen LogP contribution in [0.3, 0.4) is 0 Å². The van der Waals surface area contributed by atoms with Crippen molar-refractivity contribution >= 4 is 17.2 Å². The van der Waals surface area contributed by atoms with Crippen LogP contribution >= 0.6 is 0 Å². The lowest BCUT2D eigenvalue weighted by atomic mass is 10.2. The van der Waals surface area contributed by atoms with Gasteiger partial charge in [-0.15, -0.1) is 0 Å². The second-order valence-corrected chi connectivity index (χ2v) is 5.77. The second-order valence-electron chi connectivity index (χ2n) is 5.77. The number of carbonyl (C=O) groups excluding carboxylic acids is 1. The number of hydrogen-bond acceptors (Lipinski definition) is 7. The minimum atomic E-state index is -0.271. The first-order valence-corrected chi connectivity index (χ1v) is 8.18. The van der Waals surface area contributed by atoms with Crippen molar-refractivity contribution in [1.29, 1.82) is 0 Å². The summed E-state index contributed by atoms with van der Waals surface area (Å²) in [5.74, 6) is -0.271. The Kier molecular flexibility index (Phi) is 6.96. The van der Waals surface area contributed by atoms with E-state index in [1.807, 2.05) is 50.2 Å². The fourth-order valence-electron chi connectivity index (χ4n) is 2.03. The van der Waals surface area contributed by atoms with Crippen LogP contribution in [0.15, 0.2) is 46.7 Å². The lowest BCUT2D eigenvalue weighted by Gasteiger charge is -2.03. The molecule has 0 atom stereocenters. The summed E-state index contributed by atoms with van der Waals surface area (Å²) in [5.41, 5.74) is 4.39. The van der Waals surface area contributed by atoms with Crippen molar-refractivity contribution in [2.45, 2.75) is 27.7 Å². The van der Waals surface area contributed by atoms with Crippen LogP contribution in [0.1, 0.15) is 36.6 Å². The molecule has 0 radical (unpaired) electrons. The van der Waals surface area contributed by atoms with E-state index in [2.05, 4.69) is 20.3 Å². The number of hydrogen-bond donors (Lipinski definition) is 0. The van der Waals surface area contributed by atoms with E-state index in [-0.39, 0.29) is 19.0 Å². The van der Waals surface area contributed by atoms with Gasteiger partial charge in [0.25, 0.3) is 0 Å². The number of oxime groups is 2. The van der Waals surface area contributed by atoms with Gasteiger partial charge in [0.15, 0.2) is 13.2 Å². The van der Waals surface area contributed by atoms with Crippen LogP contribution in [-0.2, 0) is 14.5 Å². The van der Waals surface area contributed by atoms with Gasteiger partial charge in [-0.25, -0.2) is 0 Å². The highest BCUT2D eigenvalue weighted by Gasteiger charge is 2.06. The van der Waals surface area contributed by atoms with E-state index in [0.29, 0.717) is 22.8 Å². The quantitative estimate of drug-likeness (QED) is 0.537. The molecule has 7 nitrogen and oxygen atoms in total. The van der Waals surface area contributed by atoms with E-state index < -0.39 is 0 Å². The monoisotopic (exact) mass is 354 g/mol. The molecule has 0 saturated carbocycles. The number of nitrogens with zero attached hydrogens (tertiary/aromatic N) is 4. The van der Waals surface area contributed by atoms with E-state index in [0.717, 1.165) is 11.4 Å². The van der Waals surface area contributed by atoms with Crippen LogP contribution in [0.25, 0.3) is 0 Å². The number of pyridine rings is 2. The Bertz CT molecular complexity index is 764. The topological polar surface area (TPSA) is 86.0 Å². The van der Waals surface area contributed by atoms with Gasteiger partial charge in [-0.05, 0) is 52.0 Å². The Morgan fingerprint density at radius 1 is 0.846 bits per heavy atom. The van der Waals surface area contributed by atoms with Crippen molar-refractivity contribution in [2.24, 2.45) is 10.3 Å². The minimum Gasteiger partial charge on any atom is -0.387 e. The van der Waals surface area contributed by atoms with E-state index in [9.17, 15) is 4.79 Å². The highest BCUT2D eigenvalue weighted by atomic mass is 16.6. The van der Waals surface area contributed by atoms with Crippen molar-refractivity contribution in [3.05, 3.63) is 59.2 Å². The Morgan fingerprint density at radius 3 is 1.65 bits per heavy atom. The molecule has 0 aromatic carbocycles. The molecule has 0 spiro atoms. The van der Waals surface area contributed by atoms with Gasteiger partial charge in [0.05, 0.1) is 11.4 Å². The molecular formula is C19H22N4O3. The third-order valence-corrected chi connectivity index (χ3v) is 3.37. The van der Waals surface area contributed by atoms with Gasteiger partial charge in [-0.3, -0.25) is 14.8 Å². The molecular weight excluding hydrogens is 332 g/mol. The molecule has 0 amide bonds. The van der Waals surface area contributed by atoms with Gasteiger partial charge >= 0.3 is 0 Å². The van der Waals surface area contributed by atoms with E-state index in [4.69, 9.17) is 9.68 Å². The van der Waals surface area contributed by atoms with E-state index in [1.165, 1.54) is 0 Å². The largest absolute Gasteiger partial charge is 0.387 e. The van der Waals surface area contributed by atoms with Gasteiger partial charge in [0.1, 0.15) is 11.4 Å². The zero-order chi connectivity index (χ0) is 18.9. The fraction of sp³-hybridized carbons (Fsp3) is 0.316. The first-order valence-electron chi connectivity index (χ1n) is 8.18. The molecule has 2 heterocycles. The molecule has 0 fully saturated rings. The molecule has 2 rings (SSSR count). The molecule has 26 heavy (non-hydrogen) atoms. The summed E-state index contributed by atoms with van der Waals surface area (Å²) in [7, 11) is 0. The molecule has 136 valence electrons. The van der Waals surface area contributed by atoms with Gasteiger partial charge in [-0.1, -0.05) is 22.4 Å². The van der Waals surface area contributed by atoms with Crippen molar-refractivity contribution in [2.75, 3.05) is 13.2 Å². The highest BCUT2D eigenvalue weighted by Crippen LogP contribution is 2.02. The SMILES string of the molecule is CC(=NOCC(=O)CON=C(C)c1cccc(C)n1)c1cccc(C)n1. The lowest BCUT2D eigenvalue weighted by Crippen LogP contribution is -2.14. The smallest absolute Gasteiger partial charge is 0.213 e. The second kappa shape index (κ2) is 9.41. The molecule has 0 unspecified atom stereocenters. The normalized spacial score (nSPS) is 12.0. The van der Waals surface area contributed by atoms with Gasteiger partial charge < -0.3 is 9.68 Å². The first-order chi connectivity index (χ1) is 12.5. The zero-order valence-corrected chi connectivity index (χ0v) is 15.4. The maximum Gasteiger partial charge on any atom is 0.213 e. The maximum absolute atomic E-state index is 11.8. The predicted molar refractivity (Wildman–Crippen MR) is 99.3 cm³/mol. The Labute approximate surface area is 152 Å². The highest BCUT2D eigenvalue weighted by molar-refractivity contribution is 5.97. The Hall–Kier alpha value is -3.09. The van der Waals surface area contributed by atoms with Crippen molar-refractivity contribution in [3.63, 3.8) is 0 Å². The molecule has 0 aliphatic rings. The standard InChI is InChI=1S/C19H22N4O3/c1-13-7-5-9-18(20-13)15(3)22-25-11-17(24)12-26-23-16(4)19-10-6-8-14(2)21-19/h5-10H,11-12H2,1-4H3. The number of Topliss-reactive ketones (excluding diaryl/α,β-unsaturated/α-hetero) is 1. The van der Waals surface area contributed by atoms with Crippen LogP contribution in [-0.4, -0.2) is 40.4 Å². The number of ketones is 1. The third-order valence-electron chi connectivity index (χ3n) is 3.37. The van der Waals surface area contributed by atoms with Crippen LogP contribution in [0, 0.1) is 13.8 Å². The number of aryl methyl sites for hydroxylation is 2. The average molecular weight is 354 g/mol. The fourth-order valence-corrected chi connectivity index (χ4v) is 2.03. The molecule has 0 N–H and O–H groups in total. The van der Waals surface area contributed by atoms with E-state index >= 15 is 0 Å². The predicted octanol–water partition coefficient (Wildman–Crippen LogP) is 2.84. The molecule has 0 saturated heterocycles. The molecule has 0 aliphatic carbocycles. The lowest BCUT2D eigenvalue weighted by molar-refractivity contribution is -0.128. The van der Waals surface area contributed by atoms with Crippen molar-refractivity contribution < 1.29 is 14.5 Å². The van der Waals surface area contributed by atoms with Crippen LogP contribution < -0.4 is 0 Å². The molecule has 2 aromatic rings. The summed E-state index contributed by atoms with van der Waals surface area (Å²) in [6.07, 6.45) is 0. The maximum atomic E-state index is 11.8. The summed E-state index contributed by atoms with van der Waals surface area (Å²) in [6.45, 7) is 6.94. The van der Waals surface area contributed by atoms with Crippen LogP contribution in [0.4, 0.5) is 0 Å². The third kappa shape index (κ3) is 6.08. The summed E-state index contributed by atoms with van der Waals surface area (Å²) < 4.78 is 0. The van der Waals surface area contributed by atoms with E-state index in [1.54, 1.807) is 13.8 Å².